The van der Waals surface area contributed by atoms with Crippen molar-refractivity contribution in [3.05, 3.63) is 30.1 Å². The molecule has 132 valence electrons. The van der Waals surface area contributed by atoms with Crippen molar-refractivity contribution in [3.8, 4) is 0 Å². The number of amides is 1. The van der Waals surface area contributed by atoms with Crippen LogP contribution in [0.3, 0.4) is 0 Å². The number of imidazole rings is 1. The molecule has 0 spiro atoms. The van der Waals surface area contributed by atoms with Crippen LogP contribution >= 0.6 is 24.2 Å². The van der Waals surface area contributed by atoms with Gasteiger partial charge in [-0.25, -0.2) is 4.98 Å². The van der Waals surface area contributed by atoms with E-state index in [4.69, 9.17) is 5.73 Å². The lowest BCUT2D eigenvalue weighted by atomic mass is 9.92. The molecule has 0 bridgehead atoms. The molecular weight excluding hydrogens is 344 g/mol. The van der Waals surface area contributed by atoms with Crippen LogP contribution in [0.5, 0.6) is 0 Å². The van der Waals surface area contributed by atoms with E-state index < -0.39 is 0 Å². The largest absolute Gasteiger partial charge is 0.353 e. The van der Waals surface area contributed by atoms with Crippen LogP contribution in [0.1, 0.15) is 43.7 Å². The molecule has 1 aromatic heterocycles. The molecule has 1 aliphatic carbocycles. The second-order valence-electron chi connectivity index (χ2n) is 6.27. The quantitative estimate of drug-likeness (QED) is 0.756. The smallest absolute Gasteiger partial charge is 0.230 e. The van der Waals surface area contributed by atoms with Crippen LogP contribution in [0, 0.1) is 0 Å². The summed E-state index contributed by atoms with van der Waals surface area (Å²) in [5, 5.41) is 3.29. The molecule has 7 heteroatoms. The van der Waals surface area contributed by atoms with Crippen LogP contribution in [-0.2, 0) is 4.79 Å². The van der Waals surface area contributed by atoms with Crippen molar-refractivity contribution in [3.63, 3.8) is 0 Å². The van der Waals surface area contributed by atoms with E-state index in [9.17, 15) is 4.79 Å². The fourth-order valence-corrected chi connectivity index (χ4v) is 3.73. The van der Waals surface area contributed by atoms with Crippen LogP contribution in [0.4, 0.5) is 0 Å². The van der Waals surface area contributed by atoms with Gasteiger partial charge in [-0.3, -0.25) is 4.79 Å². The number of aromatic amines is 1. The van der Waals surface area contributed by atoms with Gasteiger partial charge in [0.1, 0.15) is 5.82 Å². The number of thioether (sulfide) groups is 1. The molecule has 0 saturated heterocycles. The monoisotopic (exact) mass is 368 g/mol. The number of nitrogens with zero attached hydrogens (tertiary/aromatic N) is 1. The number of aromatic nitrogens is 2. The summed E-state index contributed by atoms with van der Waals surface area (Å²) in [6.07, 6.45) is 4.01. The van der Waals surface area contributed by atoms with E-state index in [1.54, 1.807) is 11.8 Å². The fraction of sp³-hybridized carbons (Fsp3) is 0.529. The highest BCUT2D eigenvalue weighted by molar-refractivity contribution is 8.00. The molecule has 3 rings (SSSR count). The average Bonchev–Trinajstić information content (AvgIpc) is 2.99. The number of carbonyl (C=O) groups is 1. The van der Waals surface area contributed by atoms with Crippen molar-refractivity contribution in [2.45, 2.75) is 49.9 Å². The summed E-state index contributed by atoms with van der Waals surface area (Å²) in [6, 6.07) is 8.59. The zero-order valence-corrected chi connectivity index (χ0v) is 15.5. The summed E-state index contributed by atoms with van der Waals surface area (Å²) < 4.78 is 0. The van der Waals surface area contributed by atoms with Crippen molar-refractivity contribution in [1.82, 2.24) is 15.3 Å². The van der Waals surface area contributed by atoms with E-state index >= 15 is 0 Å². The Morgan fingerprint density at radius 3 is 2.79 bits per heavy atom. The van der Waals surface area contributed by atoms with Crippen molar-refractivity contribution in [1.29, 1.82) is 0 Å². The van der Waals surface area contributed by atoms with Crippen LogP contribution in [-0.4, -0.2) is 33.7 Å². The fourth-order valence-electron chi connectivity index (χ4n) is 2.98. The first kappa shape index (κ1) is 19.1. The molecule has 1 fully saturated rings. The molecule has 5 nitrogen and oxygen atoms in total. The molecular formula is C17H25ClN4OS. The number of para-hydroxylation sites is 2. The van der Waals surface area contributed by atoms with E-state index in [1.807, 2.05) is 24.3 Å². The maximum atomic E-state index is 12.1. The van der Waals surface area contributed by atoms with Gasteiger partial charge in [0.15, 0.2) is 0 Å². The first-order valence-corrected chi connectivity index (χ1v) is 9.28. The maximum Gasteiger partial charge on any atom is 0.230 e. The minimum Gasteiger partial charge on any atom is -0.353 e. The Morgan fingerprint density at radius 1 is 1.38 bits per heavy atom. The van der Waals surface area contributed by atoms with Crippen LogP contribution < -0.4 is 11.1 Å². The average molecular weight is 369 g/mol. The van der Waals surface area contributed by atoms with Crippen molar-refractivity contribution >= 4 is 41.1 Å². The van der Waals surface area contributed by atoms with Gasteiger partial charge in [-0.1, -0.05) is 12.1 Å². The number of carbonyl (C=O) groups excluding carboxylic acids is 1. The SMILES string of the molecule is CC(SCC(=O)NC1CCC(N)CC1)c1nc2ccccc2[nH]1.Cl. The summed E-state index contributed by atoms with van der Waals surface area (Å²) in [4.78, 5) is 20.0. The molecule has 24 heavy (non-hydrogen) atoms. The first-order chi connectivity index (χ1) is 11.1. The Balaban J connectivity index is 0.00000208. The van der Waals surface area contributed by atoms with Gasteiger partial charge in [-0.2, -0.15) is 0 Å². The Hall–Kier alpha value is -1.24. The van der Waals surface area contributed by atoms with Gasteiger partial charge in [0, 0.05) is 12.1 Å². The van der Waals surface area contributed by atoms with E-state index in [1.165, 1.54) is 0 Å². The van der Waals surface area contributed by atoms with Gasteiger partial charge in [0.05, 0.1) is 22.0 Å². The Bertz CT molecular complexity index is 636. The summed E-state index contributed by atoms with van der Waals surface area (Å²) in [6.45, 7) is 2.08. The normalized spacial score (nSPS) is 21.9. The van der Waals surface area contributed by atoms with E-state index in [0.717, 1.165) is 42.5 Å². The molecule has 0 aliphatic heterocycles. The van der Waals surface area contributed by atoms with Crippen LogP contribution in [0.15, 0.2) is 24.3 Å². The highest BCUT2D eigenvalue weighted by atomic mass is 35.5. The minimum absolute atomic E-state index is 0. The third-order valence-corrected chi connectivity index (χ3v) is 5.55. The predicted octanol–water partition coefficient (Wildman–Crippen LogP) is 3.17. The maximum absolute atomic E-state index is 12.1. The number of rotatable bonds is 5. The van der Waals surface area contributed by atoms with Gasteiger partial charge in [0.25, 0.3) is 0 Å². The van der Waals surface area contributed by atoms with E-state index in [2.05, 4.69) is 22.2 Å². The summed E-state index contributed by atoms with van der Waals surface area (Å²) in [7, 11) is 0. The zero-order chi connectivity index (χ0) is 16.2. The second-order valence-corrected chi connectivity index (χ2v) is 7.60. The number of halogens is 1. The number of nitrogens with two attached hydrogens (primary N) is 1. The van der Waals surface area contributed by atoms with Crippen molar-refractivity contribution in [2.75, 3.05) is 5.75 Å². The molecule has 1 amide bonds. The molecule has 1 saturated carbocycles. The molecule has 1 aliphatic rings. The molecule has 1 unspecified atom stereocenters. The van der Waals surface area contributed by atoms with Gasteiger partial charge in [-0.15, -0.1) is 24.2 Å². The predicted molar refractivity (Wildman–Crippen MR) is 103 cm³/mol. The third-order valence-electron chi connectivity index (χ3n) is 4.39. The van der Waals surface area contributed by atoms with Crippen LogP contribution in [0.2, 0.25) is 0 Å². The van der Waals surface area contributed by atoms with Gasteiger partial charge in [-0.05, 0) is 44.7 Å². The van der Waals surface area contributed by atoms with Crippen LogP contribution in [0.25, 0.3) is 11.0 Å². The van der Waals surface area contributed by atoms with Gasteiger partial charge in [0.2, 0.25) is 5.91 Å². The third kappa shape index (κ3) is 4.88. The number of fused-ring (bicyclic) bond motifs is 1. The lowest BCUT2D eigenvalue weighted by molar-refractivity contribution is -0.119. The number of hydrogen-bond acceptors (Lipinski definition) is 4. The molecule has 2 aromatic rings. The number of H-pyrrole nitrogens is 1. The molecule has 1 aromatic carbocycles. The van der Waals surface area contributed by atoms with Crippen molar-refractivity contribution in [2.24, 2.45) is 5.73 Å². The summed E-state index contributed by atoms with van der Waals surface area (Å²) in [5.74, 6) is 1.49. The number of benzene rings is 1. The lowest BCUT2D eigenvalue weighted by Gasteiger charge is -2.26. The highest BCUT2D eigenvalue weighted by Crippen LogP contribution is 2.27. The summed E-state index contributed by atoms with van der Waals surface area (Å²) >= 11 is 1.61. The van der Waals surface area contributed by atoms with Gasteiger partial charge >= 0.3 is 0 Å². The van der Waals surface area contributed by atoms with E-state index in [-0.39, 0.29) is 23.6 Å². The number of nitrogens with one attached hydrogen (secondary N) is 2. The van der Waals surface area contributed by atoms with E-state index in [0.29, 0.717) is 17.8 Å². The Kier molecular flexibility index (Phi) is 6.95. The highest BCUT2D eigenvalue weighted by Gasteiger charge is 2.20. The lowest BCUT2D eigenvalue weighted by Crippen LogP contribution is -2.41. The van der Waals surface area contributed by atoms with Crippen molar-refractivity contribution < 1.29 is 4.79 Å². The second kappa shape index (κ2) is 8.74. The Morgan fingerprint density at radius 2 is 2.08 bits per heavy atom. The zero-order valence-electron chi connectivity index (χ0n) is 13.8. The minimum atomic E-state index is 0. The topological polar surface area (TPSA) is 83.8 Å². The Labute approximate surface area is 153 Å². The molecule has 0 radical (unpaired) electrons. The summed E-state index contributed by atoms with van der Waals surface area (Å²) in [5.41, 5.74) is 7.91. The molecule has 1 heterocycles. The first-order valence-electron chi connectivity index (χ1n) is 8.23. The molecule has 1 atom stereocenters. The molecule has 4 N–H and O–H groups in total. The number of hydrogen-bond donors (Lipinski definition) is 3. The standard InChI is InChI=1S/C17H24N4OS.ClH/c1-11(17-20-14-4-2-3-5-15(14)21-17)23-10-16(22)19-13-8-6-12(18)7-9-13;/h2-5,11-13H,6-10,18H2,1H3,(H,19,22)(H,20,21);1H. The van der Waals surface area contributed by atoms with Gasteiger partial charge < -0.3 is 16.0 Å².